The number of aromatic nitrogens is 2. The summed E-state index contributed by atoms with van der Waals surface area (Å²) in [6.07, 6.45) is 1.78. The van der Waals surface area contributed by atoms with Crippen molar-refractivity contribution < 1.29 is 13.9 Å². The summed E-state index contributed by atoms with van der Waals surface area (Å²) in [5.41, 5.74) is 3.10. The molecule has 6 heteroatoms. The van der Waals surface area contributed by atoms with Gasteiger partial charge in [0.15, 0.2) is 11.5 Å². The van der Waals surface area contributed by atoms with E-state index in [1.54, 1.807) is 0 Å². The van der Waals surface area contributed by atoms with Crippen LogP contribution < -0.4 is 19.8 Å². The summed E-state index contributed by atoms with van der Waals surface area (Å²) >= 11 is 0. The predicted octanol–water partition coefficient (Wildman–Crippen LogP) is 4.88. The number of hydrogen-bond acceptors (Lipinski definition) is 4. The van der Waals surface area contributed by atoms with Gasteiger partial charge in [0.05, 0.1) is 23.8 Å². The van der Waals surface area contributed by atoms with Crippen molar-refractivity contribution in [2.45, 2.75) is 40.3 Å². The van der Waals surface area contributed by atoms with Crippen LogP contribution in [0.1, 0.15) is 43.8 Å². The van der Waals surface area contributed by atoms with E-state index in [2.05, 4.69) is 105 Å². The first-order valence-electron chi connectivity index (χ1n) is 11.9. The molecule has 1 aliphatic rings. The molecule has 0 aliphatic carbocycles. The maximum absolute atomic E-state index is 7.16. The lowest BCUT2D eigenvalue weighted by Crippen LogP contribution is -2.47. The minimum atomic E-state index is -1.50. The summed E-state index contributed by atoms with van der Waals surface area (Å²) in [5.74, 6) is 1.59. The Bertz CT molecular complexity index is 1240. The van der Waals surface area contributed by atoms with Gasteiger partial charge in [-0.25, -0.2) is 4.98 Å². The van der Waals surface area contributed by atoms with Gasteiger partial charge in [-0.3, -0.25) is 0 Å². The smallest absolute Gasteiger partial charge is 0.283 e. The molecule has 179 valence electrons. The van der Waals surface area contributed by atoms with Crippen LogP contribution in [-0.2, 0) is 11.0 Å². The van der Waals surface area contributed by atoms with Crippen molar-refractivity contribution in [3.8, 4) is 11.5 Å². The van der Waals surface area contributed by atoms with Gasteiger partial charge in [-0.1, -0.05) is 87.5 Å². The predicted molar refractivity (Wildman–Crippen MR) is 140 cm³/mol. The number of rotatable bonds is 7. The van der Waals surface area contributed by atoms with Gasteiger partial charge in [-0.05, 0) is 40.4 Å². The Hall–Kier alpha value is -3.35. The highest BCUT2D eigenvalue weighted by atomic mass is 28.3. The van der Waals surface area contributed by atoms with Crippen LogP contribution in [-0.4, -0.2) is 25.4 Å². The van der Waals surface area contributed by atoms with Crippen LogP contribution in [0.5, 0.6) is 11.5 Å². The van der Waals surface area contributed by atoms with Crippen molar-refractivity contribution in [2.24, 2.45) is 5.41 Å². The second-order valence-corrected chi connectivity index (χ2v) is 12.0. The molecule has 0 saturated heterocycles. The highest BCUT2D eigenvalue weighted by Gasteiger charge is 2.35. The average molecular weight is 484 g/mol. The highest BCUT2D eigenvalue weighted by Crippen LogP contribution is 2.39. The molecule has 35 heavy (non-hydrogen) atoms. The topological polar surface area (TPSA) is 45.5 Å². The molecule has 3 aromatic carbocycles. The van der Waals surface area contributed by atoms with E-state index in [4.69, 9.17) is 18.9 Å². The number of nitrogens with zero attached hydrogens (tertiary/aromatic N) is 2. The molecule has 1 radical (unpaired) electrons. The lowest BCUT2D eigenvalue weighted by Gasteiger charge is -2.35. The van der Waals surface area contributed by atoms with Crippen molar-refractivity contribution in [3.05, 3.63) is 102 Å². The maximum Gasteiger partial charge on any atom is 0.283 e. The molecule has 0 bridgehead atoms. The number of fused-ring (bicyclic) bond motifs is 1. The Labute approximate surface area is 209 Å². The molecule has 4 aromatic rings. The molecule has 1 atom stereocenters. The first-order valence-corrected chi connectivity index (χ1v) is 13.4. The summed E-state index contributed by atoms with van der Waals surface area (Å²) in [4.78, 5) is 4.71. The van der Waals surface area contributed by atoms with Gasteiger partial charge in [0.25, 0.3) is 9.04 Å². The summed E-state index contributed by atoms with van der Waals surface area (Å²) in [5, 5.41) is 2.47. The van der Waals surface area contributed by atoms with Gasteiger partial charge in [-0.2, -0.15) is 0 Å². The normalized spacial score (nSPS) is 13.9. The van der Waals surface area contributed by atoms with E-state index in [-0.39, 0.29) is 18.3 Å². The third-order valence-corrected chi connectivity index (χ3v) is 8.39. The Morgan fingerprint density at radius 1 is 0.914 bits per heavy atom. The van der Waals surface area contributed by atoms with E-state index in [0.717, 1.165) is 28.5 Å². The van der Waals surface area contributed by atoms with Gasteiger partial charge >= 0.3 is 0 Å². The molecular weight excluding hydrogens is 452 g/mol. The number of benzene rings is 3. The van der Waals surface area contributed by atoms with Gasteiger partial charge < -0.3 is 18.5 Å². The number of ether oxygens (including phenoxy) is 2. The minimum absolute atomic E-state index is 0.142. The van der Waals surface area contributed by atoms with E-state index in [0.29, 0.717) is 6.54 Å². The average Bonchev–Trinajstić information content (AvgIpc) is 3.46. The molecule has 5 rings (SSSR count). The lowest BCUT2D eigenvalue weighted by molar-refractivity contribution is 0.0819. The van der Waals surface area contributed by atoms with Crippen molar-refractivity contribution in [2.75, 3.05) is 6.79 Å². The molecule has 2 heterocycles. The molecule has 1 aliphatic heterocycles. The van der Waals surface area contributed by atoms with Gasteiger partial charge in [0.1, 0.15) is 0 Å². The Morgan fingerprint density at radius 2 is 1.54 bits per heavy atom. The first-order chi connectivity index (χ1) is 16.9. The zero-order valence-corrected chi connectivity index (χ0v) is 21.7. The second kappa shape index (κ2) is 9.72. The molecule has 0 N–H and O–H groups in total. The number of imidazole rings is 1. The van der Waals surface area contributed by atoms with Crippen LogP contribution in [0, 0.1) is 12.3 Å². The zero-order chi connectivity index (χ0) is 24.4. The first kappa shape index (κ1) is 23.4. The lowest BCUT2D eigenvalue weighted by atomic mass is 9.86. The standard InChI is InChI=1S/C29H31N2O3Si/c1-21-27(31(19-30-21)18-22-15-16-25-26(17-22)33-20-32-25)28(29(2,3)4)34-35(23-11-7-5-8-12-23)24-13-9-6-10-14-24/h5-17,19,28H,18,20H2,1-4H3. The van der Waals surface area contributed by atoms with Crippen LogP contribution in [0.25, 0.3) is 0 Å². The third kappa shape index (κ3) is 5.04. The Balaban J connectivity index is 1.52. The minimum Gasteiger partial charge on any atom is -0.454 e. The van der Waals surface area contributed by atoms with E-state index in [9.17, 15) is 0 Å². The second-order valence-electron chi connectivity index (χ2n) is 9.96. The Morgan fingerprint density at radius 3 is 2.17 bits per heavy atom. The van der Waals surface area contributed by atoms with Gasteiger partial charge in [-0.15, -0.1) is 0 Å². The molecule has 5 nitrogen and oxygen atoms in total. The van der Waals surface area contributed by atoms with E-state index in [1.165, 1.54) is 10.4 Å². The van der Waals surface area contributed by atoms with Crippen LogP contribution in [0.4, 0.5) is 0 Å². The molecule has 0 spiro atoms. The third-order valence-electron chi connectivity index (χ3n) is 6.20. The summed E-state index contributed by atoms with van der Waals surface area (Å²) < 4.78 is 20.5. The van der Waals surface area contributed by atoms with E-state index < -0.39 is 9.04 Å². The largest absolute Gasteiger partial charge is 0.454 e. The molecule has 1 aromatic heterocycles. The summed E-state index contributed by atoms with van der Waals surface area (Å²) in [6.45, 7) is 9.75. The van der Waals surface area contributed by atoms with Crippen molar-refractivity contribution in [1.82, 2.24) is 9.55 Å². The van der Waals surface area contributed by atoms with Crippen molar-refractivity contribution >= 4 is 19.4 Å². The van der Waals surface area contributed by atoms with Crippen LogP contribution >= 0.6 is 0 Å². The monoisotopic (exact) mass is 483 g/mol. The zero-order valence-electron chi connectivity index (χ0n) is 20.7. The molecule has 0 fully saturated rings. The Kier molecular flexibility index (Phi) is 6.50. The van der Waals surface area contributed by atoms with Crippen LogP contribution in [0.2, 0.25) is 0 Å². The molecule has 0 amide bonds. The quantitative estimate of drug-likeness (QED) is 0.352. The fraction of sp³-hybridized carbons (Fsp3) is 0.276. The molecule has 0 saturated carbocycles. The number of hydrogen-bond donors (Lipinski definition) is 0. The van der Waals surface area contributed by atoms with E-state index in [1.807, 2.05) is 12.4 Å². The van der Waals surface area contributed by atoms with Crippen LogP contribution in [0.3, 0.4) is 0 Å². The summed E-state index contributed by atoms with van der Waals surface area (Å²) in [7, 11) is -1.50. The SMILES string of the molecule is Cc1ncn(Cc2ccc3c(c2)OCO3)c1C(O[Si](c1ccccc1)c1ccccc1)C(C)(C)C. The van der Waals surface area contributed by atoms with Crippen LogP contribution in [0.15, 0.2) is 85.2 Å². The summed E-state index contributed by atoms with van der Waals surface area (Å²) in [6, 6.07) is 27.3. The van der Waals surface area contributed by atoms with E-state index >= 15 is 0 Å². The molecular formula is C29H31N2O3Si. The highest BCUT2D eigenvalue weighted by molar-refractivity contribution is 6.80. The fourth-order valence-electron chi connectivity index (χ4n) is 4.44. The van der Waals surface area contributed by atoms with Crippen molar-refractivity contribution in [1.29, 1.82) is 0 Å². The fourth-order valence-corrected chi connectivity index (χ4v) is 6.73. The van der Waals surface area contributed by atoms with Gasteiger partial charge in [0.2, 0.25) is 6.79 Å². The number of aryl methyl sites for hydroxylation is 1. The van der Waals surface area contributed by atoms with Gasteiger partial charge in [0, 0.05) is 6.54 Å². The molecule has 1 unspecified atom stereocenters. The maximum atomic E-state index is 7.16. The van der Waals surface area contributed by atoms with Crippen molar-refractivity contribution in [3.63, 3.8) is 0 Å².